The first kappa shape index (κ1) is 12.9. The average Bonchev–Trinajstić information content (AvgIpc) is 2.21. The highest BCUT2D eigenvalue weighted by Crippen LogP contribution is 2.73. The number of rotatable bonds is 4. The molecule has 0 spiro atoms. The molecule has 2 atom stereocenters. The molecule has 4 rings (SSSR count). The van der Waals surface area contributed by atoms with Gasteiger partial charge in [0.05, 0.1) is 5.41 Å². The highest BCUT2D eigenvalue weighted by Gasteiger charge is 2.67. The Morgan fingerprint density at radius 3 is 2.16 bits per heavy atom. The topological polar surface area (TPSA) is 66.4 Å². The summed E-state index contributed by atoms with van der Waals surface area (Å²) in [6.07, 6.45) is 6.37. The summed E-state index contributed by atoms with van der Waals surface area (Å²) in [4.78, 5) is 22.5. The minimum atomic E-state index is -0.625. The van der Waals surface area contributed by atoms with Gasteiger partial charge >= 0.3 is 5.97 Å². The molecular formula is C15H23NO3. The molecule has 0 heterocycles. The van der Waals surface area contributed by atoms with Crippen molar-refractivity contribution in [2.24, 2.45) is 21.7 Å². The summed E-state index contributed by atoms with van der Waals surface area (Å²) in [7, 11) is 0. The molecule has 0 aliphatic heterocycles. The summed E-state index contributed by atoms with van der Waals surface area (Å²) in [5.74, 6) is -0.625. The van der Waals surface area contributed by atoms with Gasteiger partial charge in [-0.25, -0.2) is 0 Å². The van der Waals surface area contributed by atoms with Crippen molar-refractivity contribution in [3.63, 3.8) is 0 Å². The van der Waals surface area contributed by atoms with Crippen LogP contribution in [0, 0.1) is 21.7 Å². The van der Waals surface area contributed by atoms with Gasteiger partial charge < -0.3 is 10.4 Å². The van der Waals surface area contributed by atoms with Gasteiger partial charge in [0.2, 0.25) is 6.41 Å². The van der Waals surface area contributed by atoms with Gasteiger partial charge in [0.15, 0.2) is 0 Å². The summed E-state index contributed by atoms with van der Waals surface area (Å²) in [5.41, 5.74) is -0.292. The lowest BCUT2D eigenvalue weighted by atomic mass is 9.36. The molecule has 4 aliphatic rings. The molecule has 4 fully saturated rings. The lowest BCUT2D eigenvalue weighted by molar-refractivity contribution is -0.206. The Morgan fingerprint density at radius 2 is 1.68 bits per heavy atom. The van der Waals surface area contributed by atoms with Crippen LogP contribution in [0.3, 0.4) is 0 Å². The number of nitrogens with one attached hydrogen (secondary N) is 1. The molecule has 0 radical (unpaired) electrons. The summed E-state index contributed by atoms with van der Waals surface area (Å²) < 4.78 is 0. The molecule has 4 saturated carbocycles. The third-order valence-corrected chi connectivity index (χ3v) is 5.71. The van der Waals surface area contributed by atoms with E-state index < -0.39 is 11.4 Å². The van der Waals surface area contributed by atoms with Gasteiger partial charge in [-0.2, -0.15) is 0 Å². The summed E-state index contributed by atoms with van der Waals surface area (Å²) in [5, 5.41) is 12.6. The average molecular weight is 265 g/mol. The van der Waals surface area contributed by atoms with Crippen LogP contribution in [0.2, 0.25) is 0 Å². The fourth-order valence-electron chi connectivity index (χ4n) is 6.62. The van der Waals surface area contributed by atoms with Gasteiger partial charge in [0, 0.05) is 6.54 Å². The Bertz CT molecular complexity index is 427. The predicted octanol–water partition coefficient (Wildman–Crippen LogP) is 2.18. The molecule has 4 bridgehead atoms. The molecule has 4 heteroatoms. The fraction of sp³-hybridized carbons (Fsp3) is 0.867. The van der Waals surface area contributed by atoms with E-state index in [0.717, 1.165) is 44.9 Å². The molecule has 106 valence electrons. The molecule has 4 aliphatic carbocycles. The highest BCUT2D eigenvalue weighted by atomic mass is 16.4. The van der Waals surface area contributed by atoms with E-state index in [2.05, 4.69) is 19.2 Å². The highest BCUT2D eigenvalue weighted by molar-refractivity contribution is 5.76. The number of aliphatic carboxylic acids is 1. The Morgan fingerprint density at radius 1 is 1.11 bits per heavy atom. The second-order valence-electron chi connectivity index (χ2n) is 8.27. The Balaban J connectivity index is 2.01. The van der Waals surface area contributed by atoms with E-state index in [1.807, 2.05) is 0 Å². The Hall–Kier alpha value is -1.06. The van der Waals surface area contributed by atoms with Gasteiger partial charge in [0.1, 0.15) is 0 Å². The molecule has 2 unspecified atom stereocenters. The van der Waals surface area contributed by atoms with Crippen molar-refractivity contribution < 1.29 is 14.7 Å². The largest absolute Gasteiger partial charge is 0.481 e. The van der Waals surface area contributed by atoms with Gasteiger partial charge in [-0.15, -0.1) is 0 Å². The SMILES string of the molecule is CC12CC3(C)CC(CNC=O)(C1)CC(C(=O)O)(C2)C3. The maximum absolute atomic E-state index is 11.9. The molecule has 1 amide bonds. The summed E-state index contributed by atoms with van der Waals surface area (Å²) >= 11 is 0. The van der Waals surface area contributed by atoms with Crippen LogP contribution in [0.4, 0.5) is 0 Å². The van der Waals surface area contributed by atoms with Crippen molar-refractivity contribution in [2.75, 3.05) is 6.54 Å². The molecule has 0 saturated heterocycles. The number of hydrogen-bond acceptors (Lipinski definition) is 2. The lowest BCUT2D eigenvalue weighted by Gasteiger charge is -2.68. The zero-order valence-electron chi connectivity index (χ0n) is 11.8. The van der Waals surface area contributed by atoms with Crippen molar-refractivity contribution in [3.8, 4) is 0 Å². The first-order valence-corrected chi connectivity index (χ1v) is 7.15. The Labute approximate surface area is 113 Å². The van der Waals surface area contributed by atoms with Crippen LogP contribution in [0.15, 0.2) is 0 Å². The number of hydrogen-bond donors (Lipinski definition) is 2. The predicted molar refractivity (Wildman–Crippen MR) is 70.5 cm³/mol. The van der Waals surface area contributed by atoms with E-state index in [1.54, 1.807) is 0 Å². The van der Waals surface area contributed by atoms with Crippen molar-refractivity contribution in [3.05, 3.63) is 0 Å². The maximum Gasteiger partial charge on any atom is 0.309 e. The molecule has 0 aromatic heterocycles. The van der Waals surface area contributed by atoms with Crippen molar-refractivity contribution in [1.82, 2.24) is 5.32 Å². The van der Waals surface area contributed by atoms with E-state index in [1.165, 1.54) is 0 Å². The van der Waals surface area contributed by atoms with Crippen LogP contribution in [0.25, 0.3) is 0 Å². The van der Waals surface area contributed by atoms with Gasteiger partial charge in [0.25, 0.3) is 0 Å². The second-order valence-corrected chi connectivity index (χ2v) is 8.27. The van der Waals surface area contributed by atoms with Crippen molar-refractivity contribution >= 4 is 12.4 Å². The number of carbonyl (C=O) groups excluding carboxylic acids is 1. The van der Waals surface area contributed by atoms with Gasteiger partial charge in [-0.05, 0) is 54.8 Å². The van der Waals surface area contributed by atoms with Gasteiger partial charge in [-0.1, -0.05) is 13.8 Å². The number of carbonyl (C=O) groups is 2. The first-order chi connectivity index (χ1) is 8.75. The zero-order valence-corrected chi connectivity index (χ0v) is 11.8. The fourth-order valence-corrected chi connectivity index (χ4v) is 6.62. The van der Waals surface area contributed by atoms with Crippen LogP contribution in [0.5, 0.6) is 0 Å². The van der Waals surface area contributed by atoms with Crippen LogP contribution in [0.1, 0.15) is 52.4 Å². The third-order valence-electron chi connectivity index (χ3n) is 5.71. The zero-order chi connectivity index (χ0) is 13.9. The lowest BCUT2D eigenvalue weighted by Crippen LogP contribution is -2.63. The number of carboxylic acids is 1. The third kappa shape index (κ3) is 1.79. The van der Waals surface area contributed by atoms with E-state index in [9.17, 15) is 14.7 Å². The second kappa shape index (κ2) is 3.53. The van der Waals surface area contributed by atoms with Crippen LogP contribution in [-0.4, -0.2) is 24.0 Å². The van der Waals surface area contributed by atoms with Crippen molar-refractivity contribution in [2.45, 2.75) is 52.4 Å². The number of carboxylic acid groups (broad SMARTS) is 1. The van der Waals surface area contributed by atoms with Crippen LogP contribution in [-0.2, 0) is 9.59 Å². The van der Waals surface area contributed by atoms with E-state index in [-0.39, 0.29) is 16.2 Å². The van der Waals surface area contributed by atoms with Crippen molar-refractivity contribution in [1.29, 1.82) is 0 Å². The smallest absolute Gasteiger partial charge is 0.309 e. The Kier molecular flexibility index (Phi) is 2.40. The van der Waals surface area contributed by atoms with E-state index in [4.69, 9.17) is 0 Å². The maximum atomic E-state index is 11.9. The summed E-state index contributed by atoms with van der Waals surface area (Å²) in [6, 6.07) is 0. The van der Waals surface area contributed by atoms with Crippen LogP contribution < -0.4 is 5.32 Å². The molecule has 19 heavy (non-hydrogen) atoms. The summed E-state index contributed by atoms with van der Waals surface area (Å²) in [6.45, 7) is 5.13. The molecule has 2 N–H and O–H groups in total. The van der Waals surface area contributed by atoms with Crippen LogP contribution >= 0.6 is 0 Å². The molecular weight excluding hydrogens is 242 g/mol. The normalized spacial score (nSPS) is 51.1. The van der Waals surface area contributed by atoms with Gasteiger partial charge in [-0.3, -0.25) is 9.59 Å². The molecule has 4 nitrogen and oxygen atoms in total. The minimum absolute atomic E-state index is 0.00243. The quantitative estimate of drug-likeness (QED) is 0.766. The standard InChI is InChI=1S/C15H23NO3/c1-12-3-13(2)5-14(4-12,9-16-10-17)8-15(6-12,7-13)11(18)19/h10H,3-9H2,1-2H3,(H,16,17)(H,18,19). The van der Waals surface area contributed by atoms with E-state index >= 15 is 0 Å². The molecule has 0 aromatic carbocycles. The first-order valence-electron chi connectivity index (χ1n) is 7.15. The minimum Gasteiger partial charge on any atom is -0.481 e. The monoisotopic (exact) mass is 265 g/mol. The number of amides is 1. The van der Waals surface area contributed by atoms with E-state index in [0.29, 0.717) is 6.54 Å². The molecule has 0 aromatic rings.